The van der Waals surface area contributed by atoms with Crippen molar-refractivity contribution in [3.63, 3.8) is 0 Å². The molecule has 4 amide bonds. The topological polar surface area (TPSA) is 74.8 Å². The minimum Gasteiger partial charge on any atom is -0.277 e. The van der Waals surface area contributed by atoms with Crippen molar-refractivity contribution in [2.24, 2.45) is 0 Å². The van der Waals surface area contributed by atoms with E-state index in [9.17, 15) is 19.2 Å². The minimum atomic E-state index is -0.455. The van der Waals surface area contributed by atoms with Gasteiger partial charge in [0.15, 0.2) is 0 Å². The van der Waals surface area contributed by atoms with Crippen LogP contribution in [0.5, 0.6) is 0 Å². The Bertz CT molecular complexity index is 2480. The van der Waals surface area contributed by atoms with Crippen LogP contribution >= 0.6 is 0 Å². The highest BCUT2D eigenvalue weighted by Crippen LogP contribution is 2.52. The number of carbonyl (C=O) groups is 4. The SMILES string of the molecule is CN1C(=O)c2c3c(c4c5ccccc5c5ccccc5c4c4c3c(c3c5ccccc5c5ccccc5c23)C(=O)N(C)C4=O)C1=O. The quantitative estimate of drug-likeness (QED) is 0.101. The summed E-state index contributed by atoms with van der Waals surface area (Å²) in [6.45, 7) is 0. The van der Waals surface area contributed by atoms with Crippen LogP contribution in [0.2, 0.25) is 0 Å². The molecular weight excluding hydrogens is 572 g/mol. The van der Waals surface area contributed by atoms with Crippen LogP contribution in [-0.4, -0.2) is 47.5 Å². The van der Waals surface area contributed by atoms with E-state index in [2.05, 4.69) is 0 Å². The summed E-state index contributed by atoms with van der Waals surface area (Å²) in [6.07, 6.45) is 0. The molecule has 0 fully saturated rings. The average Bonchev–Trinajstić information content (AvgIpc) is 3.10. The average molecular weight is 595 g/mol. The standard InChI is InChI=1S/C40H22N2O4/c1-41-37(43)33-27-23-15-7-3-11-19(23)21-13-5-9-17-25(21)29(27)35-32-31(33)34(38(41)44)28-24-16-8-4-12-20(24)22-14-6-10-18-26(22)30(28)36(32)40(46)42(2)39(35)45/h3-18H,1-2H3. The smallest absolute Gasteiger partial charge is 0.261 e. The largest absolute Gasteiger partial charge is 0.277 e. The summed E-state index contributed by atoms with van der Waals surface area (Å²) in [6, 6.07) is 31.5. The Hall–Kier alpha value is -6.14. The number of amides is 4. The molecule has 6 heteroatoms. The van der Waals surface area contributed by atoms with Gasteiger partial charge < -0.3 is 0 Å². The van der Waals surface area contributed by atoms with Gasteiger partial charge in [0, 0.05) is 46.4 Å². The fraction of sp³-hybridized carbons (Fsp3) is 0.0500. The second-order valence-electron chi connectivity index (χ2n) is 12.3. The summed E-state index contributed by atoms with van der Waals surface area (Å²) in [4.78, 5) is 60.4. The van der Waals surface area contributed by atoms with Gasteiger partial charge in [-0.25, -0.2) is 0 Å². The molecular formula is C40H22N2O4. The molecule has 0 spiro atoms. The highest BCUT2D eigenvalue weighted by molar-refractivity contribution is 6.49. The van der Waals surface area contributed by atoms with Crippen LogP contribution in [0.4, 0.5) is 0 Å². The van der Waals surface area contributed by atoms with Gasteiger partial charge in [-0.2, -0.15) is 0 Å². The van der Waals surface area contributed by atoms with E-state index < -0.39 is 23.6 Å². The molecule has 216 valence electrons. The number of nitrogens with zero attached hydrogens (tertiary/aromatic N) is 2. The molecule has 10 rings (SSSR count). The maximum absolute atomic E-state index is 14.5. The number of carbonyl (C=O) groups excluding carboxylic acids is 4. The van der Waals surface area contributed by atoms with Gasteiger partial charge in [0.25, 0.3) is 23.6 Å². The Morgan fingerprint density at radius 1 is 0.304 bits per heavy atom. The van der Waals surface area contributed by atoms with E-state index in [0.29, 0.717) is 54.6 Å². The summed E-state index contributed by atoms with van der Waals surface area (Å²) in [5, 5.41) is 10.2. The molecule has 0 bridgehead atoms. The molecule has 0 saturated carbocycles. The van der Waals surface area contributed by atoms with Gasteiger partial charge in [0.2, 0.25) is 0 Å². The summed E-state index contributed by atoms with van der Waals surface area (Å²) < 4.78 is 0. The van der Waals surface area contributed by atoms with Crippen LogP contribution in [0.3, 0.4) is 0 Å². The third-order valence-corrected chi connectivity index (χ3v) is 10.2. The lowest BCUT2D eigenvalue weighted by Gasteiger charge is -2.33. The summed E-state index contributed by atoms with van der Waals surface area (Å²) in [5.74, 6) is -1.82. The Labute approximate surface area is 261 Å². The van der Waals surface area contributed by atoms with E-state index >= 15 is 0 Å². The Kier molecular flexibility index (Phi) is 4.56. The molecule has 2 aliphatic rings. The van der Waals surface area contributed by atoms with Crippen LogP contribution in [0.25, 0.3) is 75.4 Å². The maximum Gasteiger partial charge on any atom is 0.261 e. The fourth-order valence-electron chi connectivity index (χ4n) is 8.28. The Balaban J connectivity index is 1.69. The minimum absolute atomic E-state index is 0.346. The van der Waals surface area contributed by atoms with Crippen molar-refractivity contribution >= 4 is 99.0 Å². The molecule has 0 radical (unpaired) electrons. The van der Waals surface area contributed by atoms with Crippen molar-refractivity contribution in [3.05, 3.63) is 119 Å². The first-order chi connectivity index (χ1) is 22.4. The van der Waals surface area contributed by atoms with Gasteiger partial charge in [-0.15, -0.1) is 0 Å². The van der Waals surface area contributed by atoms with Crippen molar-refractivity contribution in [1.29, 1.82) is 0 Å². The van der Waals surface area contributed by atoms with E-state index in [4.69, 9.17) is 0 Å². The number of benzene rings is 8. The van der Waals surface area contributed by atoms with Crippen molar-refractivity contribution in [3.8, 4) is 0 Å². The van der Waals surface area contributed by atoms with Gasteiger partial charge in [-0.05, 0) is 43.1 Å². The molecule has 0 N–H and O–H groups in total. The molecule has 0 saturated heterocycles. The molecule has 2 heterocycles. The zero-order valence-electron chi connectivity index (χ0n) is 24.8. The molecule has 46 heavy (non-hydrogen) atoms. The third kappa shape index (κ3) is 2.71. The van der Waals surface area contributed by atoms with Crippen molar-refractivity contribution in [1.82, 2.24) is 9.80 Å². The monoisotopic (exact) mass is 594 g/mol. The first-order valence-electron chi connectivity index (χ1n) is 15.2. The zero-order valence-corrected chi connectivity index (χ0v) is 24.8. The van der Waals surface area contributed by atoms with Crippen molar-refractivity contribution in [2.75, 3.05) is 14.1 Å². The maximum atomic E-state index is 14.5. The van der Waals surface area contributed by atoms with Crippen LogP contribution in [-0.2, 0) is 0 Å². The van der Waals surface area contributed by atoms with E-state index in [1.54, 1.807) is 0 Å². The second kappa shape index (κ2) is 8.31. The molecule has 6 nitrogen and oxygen atoms in total. The number of fused-ring (bicyclic) bond motifs is 16. The number of rotatable bonds is 0. The van der Waals surface area contributed by atoms with Gasteiger partial charge >= 0.3 is 0 Å². The van der Waals surface area contributed by atoms with Crippen LogP contribution in [0.15, 0.2) is 97.1 Å². The lowest BCUT2D eigenvalue weighted by Crippen LogP contribution is -2.41. The van der Waals surface area contributed by atoms with E-state index in [0.717, 1.165) is 43.1 Å². The number of imide groups is 2. The van der Waals surface area contributed by atoms with Gasteiger partial charge in [0.05, 0.1) is 22.3 Å². The summed E-state index contributed by atoms with van der Waals surface area (Å²) in [5.41, 5.74) is 1.38. The molecule has 8 aromatic carbocycles. The normalized spacial score (nSPS) is 14.8. The van der Waals surface area contributed by atoms with Gasteiger partial charge in [-0.1, -0.05) is 97.1 Å². The molecule has 0 unspecified atom stereocenters. The highest BCUT2D eigenvalue weighted by atomic mass is 16.2. The second-order valence-corrected chi connectivity index (χ2v) is 12.3. The third-order valence-electron chi connectivity index (χ3n) is 10.2. The molecule has 0 atom stereocenters. The van der Waals surface area contributed by atoms with Crippen molar-refractivity contribution in [2.45, 2.75) is 0 Å². The van der Waals surface area contributed by atoms with Crippen LogP contribution in [0.1, 0.15) is 41.4 Å². The Morgan fingerprint density at radius 3 is 0.717 bits per heavy atom. The van der Waals surface area contributed by atoms with Gasteiger partial charge in [0.1, 0.15) is 0 Å². The highest BCUT2D eigenvalue weighted by Gasteiger charge is 2.43. The number of hydrogen-bond acceptors (Lipinski definition) is 4. The van der Waals surface area contributed by atoms with E-state index in [1.165, 1.54) is 23.9 Å². The lowest BCUT2D eigenvalue weighted by molar-refractivity contribution is 0.0633. The zero-order chi connectivity index (χ0) is 31.2. The van der Waals surface area contributed by atoms with Crippen molar-refractivity contribution < 1.29 is 19.2 Å². The predicted octanol–water partition coefficient (Wildman–Crippen LogP) is 8.21. The molecule has 8 aromatic rings. The predicted molar refractivity (Wildman–Crippen MR) is 182 cm³/mol. The van der Waals surface area contributed by atoms with Crippen LogP contribution in [0, 0.1) is 0 Å². The molecule has 0 aliphatic carbocycles. The van der Waals surface area contributed by atoms with E-state index in [1.807, 2.05) is 97.1 Å². The van der Waals surface area contributed by atoms with Crippen LogP contribution < -0.4 is 0 Å². The summed E-state index contributed by atoms with van der Waals surface area (Å²) in [7, 11) is 3.03. The molecule has 2 aliphatic heterocycles. The molecule has 0 aromatic heterocycles. The Morgan fingerprint density at radius 2 is 0.500 bits per heavy atom. The van der Waals surface area contributed by atoms with E-state index in [-0.39, 0.29) is 0 Å². The first kappa shape index (κ1) is 25.2. The lowest BCUT2D eigenvalue weighted by atomic mass is 9.75. The number of hydrogen-bond donors (Lipinski definition) is 0. The first-order valence-corrected chi connectivity index (χ1v) is 15.2. The van der Waals surface area contributed by atoms with Gasteiger partial charge in [-0.3, -0.25) is 29.0 Å². The fourth-order valence-corrected chi connectivity index (χ4v) is 8.28. The summed E-state index contributed by atoms with van der Waals surface area (Å²) >= 11 is 0.